The summed E-state index contributed by atoms with van der Waals surface area (Å²) in [6, 6.07) is 1.91. The Balaban J connectivity index is 3.26. The Labute approximate surface area is 78.4 Å². The maximum absolute atomic E-state index is 13.2. The van der Waals surface area contributed by atoms with Gasteiger partial charge in [-0.3, -0.25) is 10.5 Å². The van der Waals surface area contributed by atoms with Crippen LogP contribution in [0.15, 0.2) is 12.1 Å². The van der Waals surface area contributed by atoms with Gasteiger partial charge in [0.05, 0.1) is 0 Å². The van der Waals surface area contributed by atoms with Crippen molar-refractivity contribution in [2.75, 3.05) is 6.73 Å². The number of halogens is 2. The number of primary amides is 1. The second-order valence-corrected chi connectivity index (χ2v) is 2.41. The van der Waals surface area contributed by atoms with E-state index in [1.165, 1.54) is 0 Å². The van der Waals surface area contributed by atoms with E-state index in [0.29, 0.717) is 0 Å². The molecule has 0 aliphatic carbocycles. The van der Waals surface area contributed by atoms with Crippen LogP contribution in [0.25, 0.3) is 0 Å². The van der Waals surface area contributed by atoms with Gasteiger partial charge in [-0.25, -0.2) is 8.78 Å². The summed E-state index contributed by atoms with van der Waals surface area (Å²) < 4.78 is 30.8. The molecule has 0 aliphatic heterocycles. The lowest BCUT2D eigenvalue weighted by Crippen LogP contribution is -2.17. The molecule has 14 heavy (non-hydrogen) atoms. The molecule has 0 heterocycles. The molecular weight excluding hydrogens is 194 g/mol. The number of benzene rings is 1. The van der Waals surface area contributed by atoms with Crippen molar-refractivity contribution in [2.45, 2.75) is 0 Å². The van der Waals surface area contributed by atoms with Crippen LogP contribution in [0, 0.1) is 11.6 Å². The molecule has 1 rings (SSSR count). The SMILES string of the molecule is NCOc1ccc(F)c(C(N)=O)c1F. The van der Waals surface area contributed by atoms with E-state index >= 15 is 0 Å². The predicted octanol–water partition coefficient (Wildman–Crippen LogP) is 0.359. The lowest BCUT2D eigenvalue weighted by molar-refractivity contribution is 0.0991. The van der Waals surface area contributed by atoms with Crippen LogP contribution >= 0.6 is 0 Å². The highest BCUT2D eigenvalue weighted by Gasteiger charge is 2.18. The highest BCUT2D eigenvalue weighted by molar-refractivity contribution is 5.93. The maximum Gasteiger partial charge on any atom is 0.254 e. The van der Waals surface area contributed by atoms with Crippen LogP contribution in [-0.2, 0) is 0 Å². The van der Waals surface area contributed by atoms with Crippen molar-refractivity contribution in [1.82, 2.24) is 0 Å². The van der Waals surface area contributed by atoms with Crippen molar-refractivity contribution in [3.8, 4) is 5.75 Å². The Kier molecular flexibility index (Phi) is 2.98. The molecule has 0 atom stereocenters. The lowest BCUT2D eigenvalue weighted by Gasteiger charge is -2.07. The van der Waals surface area contributed by atoms with Crippen LogP contribution in [0.3, 0.4) is 0 Å². The Morgan fingerprint density at radius 3 is 2.57 bits per heavy atom. The van der Waals surface area contributed by atoms with Crippen molar-refractivity contribution in [3.63, 3.8) is 0 Å². The molecule has 1 aromatic carbocycles. The first-order valence-electron chi connectivity index (χ1n) is 3.68. The van der Waals surface area contributed by atoms with Gasteiger partial charge in [-0.1, -0.05) is 0 Å². The fourth-order valence-corrected chi connectivity index (χ4v) is 0.961. The summed E-state index contributed by atoms with van der Waals surface area (Å²) in [4.78, 5) is 10.7. The lowest BCUT2D eigenvalue weighted by atomic mass is 10.2. The van der Waals surface area contributed by atoms with Gasteiger partial charge in [-0.05, 0) is 12.1 Å². The van der Waals surface area contributed by atoms with E-state index in [0.717, 1.165) is 12.1 Å². The standard InChI is InChI=1S/C8H8F2N2O2/c9-4-1-2-5(14-3-11)7(10)6(4)8(12)13/h1-2H,3,11H2,(H2,12,13). The quantitative estimate of drug-likeness (QED) is 0.694. The van der Waals surface area contributed by atoms with Gasteiger partial charge in [0.2, 0.25) is 0 Å². The molecule has 4 N–H and O–H groups in total. The number of nitrogens with two attached hydrogens (primary N) is 2. The van der Waals surface area contributed by atoms with Crippen LogP contribution in [-0.4, -0.2) is 12.6 Å². The second kappa shape index (κ2) is 4.01. The number of ether oxygens (including phenoxy) is 1. The van der Waals surface area contributed by atoms with Gasteiger partial charge in [-0.15, -0.1) is 0 Å². The van der Waals surface area contributed by atoms with E-state index in [1.807, 2.05) is 0 Å². The predicted molar refractivity (Wildman–Crippen MR) is 44.6 cm³/mol. The summed E-state index contributed by atoms with van der Waals surface area (Å²) >= 11 is 0. The summed E-state index contributed by atoms with van der Waals surface area (Å²) in [5.74, 6) is -3.66. The zero-order chi connectivity index (χ0) is 10.7. The molecule has 0 saturated heterocycles. The van der Waals surface area contributed by atoms with E-state index in [4.69, 9.17) is 11.5 Å². The Bertz CT molecular complexity index is 369. The first-order chi connectivity index (χ1) is 6.57. The molecule has 0 bridgehead atoms. The highest BCUT2D eigenvalue weighted by Crippen LogP contribution is 2.22. The Hall–Kier alpha value is -1.69. The normalized spacial score (nSPS) is 9.93. The molecule has 0 unspecified atom stereocenters. The van der Waals surface area contributed by atoms with Crippen LogP contribution in [0.2, 0.25) is 0 Å². The van der Waals surface area contributed by atoms with E-state index < -0.39 is 23.1 Å². The largest absolute Gasteiger partial charge is 0.475 e. The van der Waals surface area contributed by atoms with E-state index in [1.54, 1.807) is 0 Å². The minimum Gasteiger partial charge on any atom is -0.475 e. The Morgan fingerprint density at radius 2 is 2.07 bits per heavy atom. The van der Waals surface area contributed by atoms with E-state index in [2.05, 4.69) is 4.74 Å². The van der Waals surface area contributed by atoms with Gasteiger partial charge in [0.1, 0.15) is 18.1 Å². The van der Waals surface area contributed by atoms with Crippen LogP contribution in [0.5, 0.6) is 5.75 Å². The minimum absolute atomic E-state index is 0.277. The average molecular weight is 202 g/mol. The van der Waals surface area contributed by atoms with Gasteiger partial charge in [-0.2, -0.15) is 0 Å². The molecule has 0 aliphatic rings. The van der Waals surface area contributed by atoms with Crippen molar-refractivity contribution < 1.29 is 18.3 Å². The molecule has 1 amide bonds. The number of carbonyl (C=O) groups excluding carboxylic acids is 1. The summed E-state index contributed by atoms with van der Waals surface area (Å²) in [6.07, 6.45) is 0. The van der Waals surface area contributed by atoms with E-state index in [-0.39, 0.29) is 12.5 Å². The maximum atomic E-state index is 13.2. The first kappa shape index (κ1) is 10.4. The Morgan fingerprint density at radius 1 is 1.43 bits per heavy atom. The summed E-state index contributed by atoms with van der Waals surface area (Å²) in [6.45, 7) is -0.277. The van der Waals surface area contributed by atoms with Gasteiger partial charge in [0.15, 0.2) is 11.6 Å². The third-order valence-electron chi connectivity index (χ3n) is 1.54. The molecule has 0 fully saturated rings. The smallest absolute Gasteiger partial charge is 0.254 e. The van der Waals surface area contributed by atoms with Gasteiger partial charge in [0, 0.05) is 0 Å². The molecule has 0 spiro atoms. The molecule has 6 heteroatoms. The number of amides is 1. The van der Waals surface area contributed by atoms with Crippen molar-refractivity contribution in [1.29, 1.82) is 0 Å². The molecule has 0 aromatic heterocycles. The number of rotatable bonds is 3. The minimum atomic E-state index is -1.19. The molecule has 4 nitrogen and oxygen atoms in total. The zero-order valence-electron chi connectivity index (χ0n) is 7.09. The van der Waals surface area contributed by atoms with Crippen LogP contribution in [0.4, 0.5) is 8.78 Å². The molecule has 1 aromatic rings. The van der Waals surface area contributed by atoms with E-state index in [9.17, 15) is 13.6 Å². The van der Waals surface area contributed by atoms with Gasteiger partial charge >= 0.3 is 0 Å². The average Bonchev–Trinajstić information content (AvgIpc) is 2.10. The van der Waals surface area contributed by atoms with Crippen LogP contribution in [0.1, 0.15) is 10.4 Å². The summed E-state index contributed by atoms with van der Waals surface area (Å²) in [7, 11) is 0. The fraction of sp³-hybridized carbons (Fsp3) is 0.125. The zero-order valence-corrected chi connectivity index (χ0v) is 7.09. The molecule has 0 radical (unpaired) electrons. The second-order valence-electron chi connectivity index (χ2n) is 2.41. The fourth-order valence-electron chi connectivity index (χ4n) is 0.961. The third-order valence-corrected chi connectivity index (χ3v) is 1.54. The summed E-state index contributed by atoms with van der Waals surface area (Å²) in [5.41, 5.74) is 8.95. The first-order valence-corrected chi connectivity index (χ1v) is 3.68. The third kappa shape index (κ3) is 1.80. The van der Waals surface area contributed by atoms with Crippen molar-refractivity contribution in [2.24, 2.45) is 11.5 Å². The molecule has 76 valence electrons. The van der Waals surface area contributed by atoms with Crippen molar-refractivity contribution in [3.05, 3.63) is 29.3 Å². The van der Waals surface area contributed by atoms with Crippen LogP contribution < -0.4 is 16.2 Å². The summed E-state index contributed by atoms with van der Waals surface area (Å²) in [5, 5.41) is 0. The highest BCUT2D eigenvalue weighted by atomic mass is 19.1. The van der Waals surface area contributed by atoms with Crippen molar-refractivity contribution >= 4 is 5.91 Å². The number of hydrogen-bond acceptors (Lipinski definition) is 3. The van der Waals surface area contributed by atoms with Gasteiger partial charge < -0.3 is 10.5 Å². The molecule has 0 saturated carbocycles. The number of hydrogen-bond donors (Lipinski definition) is 2. The monoisotopic (exact) mass is 202 g/mol. The number of carbonyl (C=O) groups is 1. The topological polar surface area (TPSA) is 78.3 Å². The molecular formula is C8H8F2N2O2. The van der Waals surface area contributed by atoms with Gasteiger partial charge in [0.25, 0.3) is 5.91 Å².